The van der Waals surface area contributed by atoms with E-state index in [1.165, 1.54) is 17.0 Å². The Morgan fingerprint density at radius 1 is 1.50 bits per heavy atom. The molecule has 1 aliphatic rings. The number of sulfonamides is 1. The molecule has 18 heavy (non-hydrogen) atoms. The third-order valence-corrected chi connectivity index (χ3v) is 6.22. The van der Waals surface area contributed by atoms with E-state index in [0.717, 1.165) is 23.1 Å². The molecule has 2 rings (SSSR count). The third-order valence-electron chi connectivity index (χ3n) is 2.17. The number of amides is 1. The average Bonchev–Trinajstić information content (AvgIpc) is 2.86. The fraction of sp³-hybridized carbons (Fsp3) is 0.333. The Morgan fingerprint density at radius 3 is 2.78 bits per heavy atom. The second-order valence-corrected chi connectivity index (χ2v) is 7.82. The standard InChI is InChI=1S/C9H9ClN2O3S3/c1-2-12-7(13)5-16-9(12)11-18(14,15)8-4-3-6(10)17-8/h3-4H,2,5H2,1H3. The summed E-state index contributed by atoms with van der Waals surface area (Å²) in [5.41, 5.74) is 0. The van der Waals surface area contributed by atoms with Crippen molar-refractivity contribution >= 4 is 55.8 Å². The summed E-state index contributed by atoms with van der Waals surface area (Å²) < 4.78 is 28.1. The molecule has 1 aliphatic heterocycles. The van der Waals surface area contributed by atoms with Crippen molar-refractivity contribution < 1.29 is 13.2 Å². The minimum absolute atomic E-state index is 0.0796. The van der Waals surface area contributed by atoms with Crippen LogP contribution in [0.15, 0.2) is 20.7 Å². The molecule has 0 saturated carbocycles. The van der Waals surface area contributed by atoms with Crippen LogP contribution in [0.25, 0.3) is 0 Å². The van der Waals surface area contributed by atoms with E-state index in [9.17, 15) is 13.2 Å². The summed E-state index contributed by atoms with van der Waals surface area (Å²) in [6.45, 7) is 2.18. The first-order valence-electron chi connectivity index (χ1n) is 4.97. The van der Waals surface area contributed by atoms with E-state index in [1.807, 2.05) is 0 Å². The van der Waals surface area contributed by atoms with Gasteiger partial charge in [-0.3, -0.25) is 9.69 Å². The maximum atomic E-state index is 12.0. The predicted molar refractivity (Wildman–Crippen MR) is 73.8 cm³/mol. The number of hydrogen-bond donors (Lipinski definition) is 0. The molecule has 1 aromatic heterocycles. The molecule has 0 bridgehead atoms. The number of thioether (sulfide) groups is 1. The van der Waals surface area contributed by atoms with Gasteiger partial charge in [-0.15, -0.1) is 15.7 Å². The van der Waals surface area contributed by atoms with Gasteiger partial charge in [0.1, 0.15) is 4.21 Å². The van der Waals surface area contributed by atoms with Crippen LogP contribution >= 0.6 is 34.7 Å². The lowest BCUT2D eigenvalue weighted by atomic mass is 10.5. The van der Waals surface area contributed by atoms with Crippen molar-refractivity contribution in [1.29, 1.82) is 0 Å². The number of carbonyl (C=O) groups is 1. The molecular weight excluding hydrogens is 316 g/mol. The first-order chi connectivity index (χ1) is 8.44. The van der Waals surface area contributed by atoms with Gasteiger partial charge in [-0.2, -0.15) is 8.42 Å². The second kappa shape index (κ2) is 5.20. The molecule has 1 amide bonds. The van der Waals surface area contributed by atoms with Gasteiger partial charge in [0, 0.05) is 6.54 Å². The number of halogens is 1. The van der Waals surface area contributed by atoms with E-state index in [4.69, 9.17) is 11.6 Å². The fourth-order valence-corrected chi connectivity index (χ4v) is 5.01. The molecule has 0 N–H and O–H groups in total. The van der Waals surface area contributed by atoms with Crippen molar-refractivity contribution in [1.82, 2.24) is 4.90 Å². The zero-order valence-corrected chi connectivity index (χ0v) is 12.5. The molecule has 0 unspecified atom stereocenters. The summed E-state index contributed by atoms with van der Waals surface area (Å²) in [5.74, 6) is 0.105. The molecule has 0 aliphatic carbocycles. The van der Waals surface area contributed by atoms with Crippen molar-refractivity contribution in [2.24, 2.45) is 4.40 Å². The molecule has 9 heteroatoms. The minimum atomic E-state index is -3.78. The number of amidine groups is 1. The molecule has 1 fully saturated rings. The maximum Gasteiger partial charge on any atom is 0.294 e. The number of carbonyl (C=O) groups excluding carboxylic acids is 1. The predicted octanol–water partition coefficient (Wildman–Crippen LogP) is 2.04. The topological polar surface area (TPSA) is 66.8 Å². The van der Waals surface area contributed by atoms with Gasteiger partial charge in [-0.05, 0) is 19.1 Å². The van der Waals surface area contributed by atoms with Gasteiger partial charge in [0.15, 0.2) is 5.17 Å². The minimum Gasteiger partial charge on any atom is -0.290 e. The van der Waals surface area contributed by atoms with E-state index in [0.29, 0.717) is 10.9 Å². The molecule has 5 nitrogen and oxygen atoms in total. The van der Waals surface area contributed by atoms with Crippen molar-refractivity contribution in [2.75, 3.05) is 12.3 Å². The number of hydrogen-bond acceptors (Lipinski definition) is 5. The van der Waals surface area contributed by atoms with Crippen molar-refractivity contribution in [3.05, 3.63) is 16.5 Å². The Kier molecular flexibility index (Phi) is 4.00. The van der Waals surface area contributed by atoms with Crippen LogP contribution in [0.4, 0.5) is 0 Å². The summed E-state index contributed by atoms with van der Waals surface area (Å²) in [6.07, 6.45) is 0. The first kappa shape index (κ1) is 13.9. The Balaban J connectivity index is 2.35. The molecule has 2 heterocycles. The van der Waals surface area contributed by atoms with E-state index < -0.39 is 10.0 Å². The van der Waals surface area contributed by atoms with Crippen LogP contribution in [0.2, 0.25) is 4.34 Å². The lowest BCUT2D eigenvalue weighted by molar-refractivity contribution is -0.123. The fourth-order valence-electron chi connectivity index (χ4n) is 1.36. The quantitative estimate of drug-likeness (QED) is 0.853. The maximum absolute atomic E-state index is 12.0. The second-order valence-electron chi connectivity index (χ2n) is 3.33. The molecule has 98 valence electrons. The number of rotatable bonds is 3. The van der Waals surface area contributed by atoms with Gasteiger partial charge in [0.05, 0.1) is 10.1 Å². The van der Waals surface area contributed by atoms with Crippen LogP contribution in [0, 0.1) is 0 Å². The van der Waals surface area contributed by atoms with Gasteiger partial charge in [-0.25, -0.2) is 0 Å². The molecular formula is C9H9ClN2O3S3. The highest BCUT2D eigenvalue weighted by Crippen LogP contribution is 2.29. The normalized spacial score (nSPS) is 18.9. The lowest BCUT2D eigenvalue weighted by Crippen LogP contribution is -2.29. The highest BCUT2D eigenvalue weighted by atomic mass is 35.5. The highest BCUT2D eigenvalue weighted by Gasteiger charge is 2.29. The van der Waals surface area contributed by atoms with Crippen LogP contribution in [0.3, 0.4) is 0 Å². The van der Waals surface area contributed by atoms with Gasteiger partial charge in [-0.1, -0.05) is 23.4 Å². The van der Waals surface area contributed by atoms with Gasteiger partial charge < -0.3 is 0 Å². The van der Waals surface area contributed by atoms with Gasteiger partial charge in [0.25, 0.3) is 10.0 Å². The Hall–Kier alpha value is -0.570. The third kappa shape index (κ3) is 2.71. The Labute approximate surface area is 118 Å². The molecule has 0 spiro atoms. The number of nitrogens with zero attached hydrogens (tertiary/aromatic N) is 2. The van der Waals surface area contributed by atoms with Crippen molar-refractivity contribution in [2.45, 2.75) is 11.1 Å². The zero-order valence-electron chi connectivity index (χ0n) is 9.29. The first-order valence-corrected chi connectivity index (χ1v) is 8.59. The van der Waals surface area contributed by atoms with Crippen molar-refractivity contribution in [3.63, 3.8) is 0 Å². The van der Waals surface area contributed by atoms with Crippen LogP contribution in [0.1, 0.15) is 6.92 Å². The van der Waals surface area contributed by atoms with E-state index >= 15 is 0 Å². The number of thiophene rings is 1. The van der Waals surface area contributed by atoms with Gasteiger partial charge in [0.2, 0.25) is 5.91 Å². The van der Waals surface area contributed by atoms with Crippen LogP contribution in [-0.4, -0.2) is 36.7 Å². The average molecular weight is 325 g/mol. The Morgan fingerprint density at radius 2 is 2.22 bits per heavy atom. The SMILES string of the molecule is CCN1C(=O)CSC1=NS(=O)(=O)c1ccc(Cl)s1. The summed E-state index contributed by atoms with van der Waals surface area (Å²) in [5, 5.41) is 0.229. The van der Waals surface area contributed by atoms with E-state index in [-0.39, 0.29) is 21.0 Å². The summed E-state index contributed by atoms with van der Waals surface area (Å²) >= 11 is 7.77. The smallest absolute Gasteiger partial charge is 0.290 e. The van der Waals surface area contributed by atoms with E-state index in [1.54, 1.807) is 6.92 Å². The highest BCUT2D eigenvalue weighted by molar-refractivity contribution is 8.15. The molecule has 0 radical (unpaired) electrons. The summed E-state index contributed by atoms with van der Waals surface area (Å²) in [6, 6.07) is 2.91. The van der Waals surface area contributed by atoms with Crippen molar-refractivity contribution in [3.8, 4) is 0 Å². The molecule has 1 aromatic rings. The summed E-state index contributed by atoms with van der Waals surface area (Å²) in [4.78, 5) is 12.8. The largest absolute Gasteiger partial charge is 0.294 e. The summed E-state index contributed by atoms with van der Waals surface area (Å²) in [7, 11) is -3.78. The Bertz CT molecular complexity index is 608. The van der Waals surface area contributed by atoms with Gasteiger partial charge >= 0.3 is 0 Å². The monoisotopic (exact) mass is 324 g/mol. The lowest BCUT2D eigenvalue weighted by Gasteiger charge is -2.11. The van der Waals surface area contributed by atoms with Crippen LogP contribution < -0.4 is 0 Å². The van der Waals surface area contributed by atoms with Crippen LogP contribution in [-0.2, 0) is 14.8 Å². The molecule has 1 saturated heterocycles. The van der Waals surface area contributed by atoms with E-state index in [2.05, 4.69) is 4.40 Å². The molecule has 0 aromatic carbocycles. The zero-order chi connectivity index (χ0) is 13.3. The van der Waals surface area contributed by atoms with Crippen LogP contribution in [0.5, 0.6) is 0 Å². The molecule has 0 atom stereocenters.